The minimum atomic E-state index is -4.73. The molecule has 144 valence electrons. The Morgan fingerprint density at radius 3 is 2.46 bits per heavy atom. The van der Waals surface area contributed by atoms with Gasteiger partial charge in [-0.15, -0.1) is 0 Å². The summed E-state index contributed by atoms with van der Waals surface area (Å²) in [6.45, 7) is 7.72. The molecule has 1 aliphatic heterocycles. The molecular formula is C19H22ClF3O3. The number of hydrogen-bond acceptors (Lipinski definition) is 3. The second kappa shape index (κ2) is 7.51. The number of fused-ring (bicyclic) bond motifs is 1. The zero-order chi connectivity index (χ0) is 19.7. The molecule has 0 N–H and O–H groups in total. The number of rotatable bonds is 4. The standard InChI is InChI=1S/C19H22ClF3O3/c1-5-25-17(24)13-8-12-9-14(20)11(6-7-18(2,3)4)10-15(12)26-16(13)19(21,22)23/h8-10,16H,5-7H2,1-4H3. The molecule has 0 spiro atoms. The summed E-state index contributed by atoms with van der Waals surface area (Å²) in [6, 6.07) is 3.06. The molecule has 0 saturated heterocycles. The summed E-state index contributed by atoms with van der Waals surface area (Å²) in [5.41, 5.74) is 0.531. The van der Waals surface area contributed by atoms with Gasteiger partial charge >= 0.3 is 12.1 Å². The highest BCUT2D eigenvalue weighted by molar-refractivity contribution is 6.31. The Bertz CT molecular complexity index is 718. The summed E-state index contributed by atoms with van der Waals surface area (Å²) in [5, 5.41) is 0.432. The molecule has 0 saturated carbocycles. The summed E-state index contributed by atoms with van der Waals surface area (Å²) >= 11 is 6.28. The number of benzene rings is 1. The topological polar surface area (TPSA) is 35.5 Å². The van der Waals surface area contributed by atoms with Crippen LogP contribution in [0.25, 0.3) is 6.08 Å². The van der Waals surface area contributed by atoms with Crippen molar-refractivity contribution in [2.24, 2.45) is 5.41 Å². The molecule has 26 heavy (non-hydrogen) atoms. The first kappa shape index (κ1) is 20.6. The van der Waals surface area contributed by atoms with E-state index in [4.69, 9.17) is 21.1 Å². The van der Waals surface area contributed by atoms with Crippen LogP contribution in [0.1, 0.15) is 45.2 Å². The van der Waals surface area contributed by atoms with Crippen molar-refractivity contribution in [2.75, 3.05) is 6.61 Å². The van der Waals surface area contributed by atoms with E-state index in [-0.39, 0.29) is 17.8 Å². The third-order valence-electron chi connectivity index (χ3n) is 3.97. The van der Waals surface area contributed by atoms with Crippen LogP contribution < -0.4 is 4.74 Å². The number of carbonyl (C=O) groups excluding carboxylic acids is 1. The number of hydrogen-bond donors (Lipinski definition) is 0. The summed E-state index contributed by atoms with van der Waals surface area (Å²) < 4.78 is 50.0. The Morgan fingerprint density at radius 2 is 1.92 bits per heavy atom. The average molecular weight is 391 g/mol. The predicted octanol–water partition coefficient (Wildman–Crippen LogP) is 5.59. The highest BCUT2D eigenvalue weighted by Crippen LogP contribution is 2.40. The van der Waals surface area contributed by atoms with Gasteiger partial charge in [-0.2, -0.15) is 13.2 Å². The van der Waals surface area contributed by atoms with Gasteiger partial charge in [0.2, 0.25) is 6.10 Å². The summed E-state index contributed by atoms with van der Waals surface area (Å²) in [7, 11) is 0. The van der Waals surface area contributed by atoms with E-state index in [1.54, 1.807) is 0 Å². The van der Waals surface area contributed by atoms with Gasteiger partial charge in [0.15, 0.2) is 0 Å². The first-order valence-electron chi connectivity index (χ1n) is 8.37. The zero-order valence-electron chi connectivity index (χ0n) is 15.2. The fraction of sp³-hybridized carbons (Fsp3) is 0.526. The lowest BCUT2D eigenvalue weighted by Gasteiger charge is -2.28. The van der Waals surface area contributed by atoms with Crippen molar-refractivity contribution in [1.29, 1.82) is 0 Å². The number of ether oxygens (including phenoxy) is 2. The van der Waals surface area contributed by atoms with E-state index in [0.717, 1.165) is 12.5 Å². The monoisotopic (exact) mass is 390 g/mol. The number of halogens is 4. The van der Waals surface area contributed by atoms with Gasteiger partial charge in [-0.1, -0.05) is 32.4 Å². The molecule has 0 bridgehead atoms. The molecule has 0 fully saturated rings. The summed E-state index contributed by atoms with van der Waals surface area (Å²) in [4.78, 5) is 11.9. The van der Waals surface area contributed by atoms with Crippen LogP contribution in [0.4, 0.5) is 13.2 Å². The lowest BCUT2D eigenvalue weighted by molar-refractivity contribution is -0.187. The largest absolute Gasteiger partial charge is 0.475 e. The molecule has 0 aromatic heterocycles. The maximum absolute atomic E-state index is 13.4. The van der Waals surface area contributed by atoms with Crippen LogP contribution in [-0.4, -0.2) is 24.9 Å². The van der Waals surface area contributed by atoms with Crippen LogP contribution in [-0.2, 0) is 16.0 Å². The van der Waals surface area contributed by atoms with Crippen molar-refractivity contribution in [3.05, 3.63) is 33.9 Å². The molecule has 1 atom stereocenters. The van der Waals surface area contributed by atoms with Crippen LogP contribution in [0.5, 0.6) is 5.75 Å². The number of esters is 1. The SMILES string of the molecule is CCOC(=O)C1=Cc2cc(Cl)c(CCC(C)(C)C)cc2OC1C(F)(F)F. The van der Waals surface area contributed by atoms with E-state index in [9.17, 15) is 18.0 Å². The normalized spacial score (nSPS) is 17.2. The third kappa shape index (κ3) is 4.93. The Hall–Kier alpha value is -1.69. The van der Waals surface area contributed by atoms with Crippen molar-refractivity contribution in [3.63, 3.8) is 0 Å². The van der Waals surface area contributed by atoms with Gasteiger partial charge in [0.1, 0.15) is 5.75 Å². The van der Waals surface area contributed by atoms with E-state index in [1.165, 1.54) is 19.1 Å². The van der Waals surface area contributed by atoms with Gasteiger partial charge in [0.25, 0.3) is 0 Å². The van der Waals surface area contributed by atoms with Crippen molar-refractivity contribution in [1.82, 2.24) is 0 Å². The van der Waals surface area contributed by atoms with Gasteiger partial charge < -0.3 is 9.47 Å². The predicted molar refractivity (Wildman–Crippen MR) is 94.3 cm³/mol. The van der Waals surface area contributed by atoms with Crippen LogP contribution in [0.2, 0.25) is 5.02 Å². The van der Waals surface area contributed by atoms with Crippen molar-refractivity contribution < 1.29 is 27.4 Å². The highest BCUT2D eigenvalue weighted by atomic mass is 35.5. The number of alkyl halides is 3. The Labute approximate surface area is 156 Å². The fourth-order valence-corrected chi connectivity index (χ4v) is 2.85. The smallest absolute Gasteiger partial charge is 0.430 e. The Morgan fingerprint density at radius 1 is 1.27 bits per heavy atom. The fourth-order valence-electron chi connectivity index (χ4n) is 2.58. The minimum absolute atomic E-state index is 0.0277. The lowest BCUT2D eigenvalue weighted by Crippen LogP contribution is -2.40. The quantitative estimate of drug-likeness (QED) is 0.629. The van der Waals surface area contributed by atoms with E-state index >= 15 is 0 Å². The van der Waals surface area contributed by atoms with E-state index in [2.05, 4.69) is 20.8 Å². The van der Waals surface area contributed by atoms with Crippen molar-refractivity contribution in [2.45, 2.75) is 52.8 Å². The zero-order valence-corrected chi connectivity index (χ0v) is 15.9. The molecule has 2 rings (SSSR count). The maximum atomic E-state index is 13.4. The molecule has 1 heterocycles. The first-order valence-corrected chi connectivity index (χ1v) is 8.74. The minimum Gasteiger partial charge on any atom is -0.475 e. The first-order chi connectivity index (χ1) is 11.9. The maximum Gasteiger partial charge on any atom is 0.430 e. The highest BCUT2D eigenvalue weighted by Gasteiger charge is 2.48. The van der Waals surface area contributed by atoms with Gasteiger partial charge in [0, 0.05) is 10.6 Å². The van der Waals surface area contributed by atoms with Crippen LogP contribution in [0.15, 0.2) is 17.7 Å². The lowest BCUT2D eigenvalue weighted by atomic mass is 9.88. The Balaban J connectivity index is 2.42. The molecule has 1 aromatic carbocycles. The second-order valence-corrected chi connectivity index (χ2v) is 7.81. The van der Waals surface area contributed by atoms with E-state index in [0.29, 0.717) is 22.6 Å². The number of aryl methyl sites for hydroxylation is 1. The van der Waals surface area contributed by atoms with E-state index in [1.807, 2.05) is 0 Å². The molecule has 1 unspecified atom stereocenters. The Kier molecular flexibility index (Phi) is 5.95. The molecule has 0 aliphatic carbocycles. The molecule has 1 aromatic rings. The van der Waals surface area contributed by atoms with Gasteiger partial charge in [-0.25, -0.2) is 4.79 Å². The molecule has 0 amide bonds. The molecule has 7 heteroatoms. The van der Waals surface area contributed by atoms with Crippen LogP contribution in [0, 0.1) is 5.41 Å². The average Bonchev–Trinajstić information content (AvgIpc) is 2.50. The van der Waals surface area contributed by atoms with Gasteiger partial charge in [-0.3, -0.25) is 0 Å². The van der Waals surface area contributed by atoms with E-state index < -0.39 is 23.8 Å². The van der Waals surface area contributed by atoms with Crippen LogP contribution in [0.3, 0.4) is 0 Å². The van der Waals surface area contributed by atoms with Crippen LogP contribution >= 0.6 is 11.6 Å². The second-order valence-electron chi connectivity index (χ2n) is 7.40. The molecule has 1 aliphatic rings. The third-order valence-corrected chi connectivity index (χ3v) is 4.32. The number of carbonyl (C=O) groups is 1. The molecule has 3 nitrogen and oxygen atoms in total. The molecular weight excluding hydrogens is 369 g/mol. The van der Waals surface area contributed by atoms with Gasteiger partial charge in [0.05, 0.1) is 12.2 Å². The molecule has 0 radical (unpaired) electrons. The van der Waals surface area contributed by atoms with Crippen molar-refractivity contribution in [3.8, 4) is 5.75 Å². The summed E-state index contributed by atoms with van der Waals surface area (Å²) in [5.74, 6) is -0.984. The van der Waals surface area contributed by atoms with Gasteiger partial charge in [-0.05, 0) is 49.0 Å². The summed E-state index contributed by atoms with van der Waals surface area (Å²) in [6.07, 6.45) is -4.51. The van der Waals surface area contributed by atoms with Crippen molar-refractivity contribution >= 4 is 23.6 Å².